The van der Waals surface area contributed by atoms with Crippen LogP contribution in [0.25, 0.3) is 0 Å². The molecule has 0 fully saturated rings. The van der Waals surface area contributed by atoms with Crippen molar-refractivity contribution in [3.8, 4) is 0 Å². The SMILES string of the molecule is CCCCCCCCCC(C(=O)OCCO)N1C(=O)C=CC1=O. The molecule has 1 atom stereocenters. The molecule has 0 bridgehead atoms. The van der Waals surface area contributed by atoms with E-state index >= 15 is 0 Å². The fraction of sp³-hybridized carbons (Fsp3) is 0.706. The molecule has 0 aromatic heterocycles. The Morgan fingerprint density at radius 1 is 1.09 bits per heavy atom. The molecule has 1 N–H and O–H groups in total. The monoisotopic (exact) mass is 325 g/mol. The molecule has 6 nitrogen and oxygen atoms in total. The maximum atomic E-state index is 12.1. The number of hydrogen-bond acceptors (Lipinski definition) is 5. The van der Waals surface area contributed by atoms with E-state index in [1.165, 1.54) is 31.4 Å². The maximum Gasteiger partial charge on any atom is 0.329 e. The van der Waals surface area contributed by atoms with Crippen LogP contribution in [0.15, 0.2) is 12.2 Å². The Hall–Kier alpha value is -1.69. The minimum absolute atomic E-state index is 0.129. The molecule has 0 radical (unpaired) electrons. The lowest BCUT2D eigenvalue weighted by atomic mass is 10.0. The molecule has 1 aliphatic rings. The minimum atomic E-state index is -0.896. The van der Waals surface area contributed by atoms with E-state index < -0.39 is 23.8 Å². The average molecular weight is 325 g/mol. The van der Waals surface area contributed by atoms with E-state index in [2.05, 4.69) is 6.92 Å². The van der Waals surface area contributed by atoms with Gasteiger partial charge in [0.05, 0.1) is 6.61 Å². The summed E-state index contributed by atoms with van der Waals surface area (Å²) < 4.78 is 4.91. The normalized spacial score (nSPS) is 15.3. The van der Waals surface area contributed by atoms with Gasteiger partial charge in [-0.05, 0) is 6.42 Å². The molecule has 6 heteroatoms. The Bertz CT molecular complexity index is 415. The van der Waals surface area contributed by atoms with Crippen LogP contribution in [-0.2, 0) is 19.1 Å². The quantitative estimate of drug-likeness (QED) is 0.337. The predicted molar refractivity (Wildman–Crippen MR) is 85.4 cm³/mol. The van der Waals surface area contributed by atoms with Crippen LogP contribution in [-0.4, -0.2) is 47.0 Å². The second-order valence-electron chi connectivity index (χ2n) is 5.70. The van der Waals surface area contributed by atoms with Crippen molar-refractivity contribution in [2.24, 2.45) is 0 Å². The summed E-state index contributed by atoms with van der Waals surface area (Å²) in [5.41, 5.74) is 0. The highest BCUT2D eigenvalue weighted by atomic mass is 16.5. The lowest BCUT2D eigenvalue weighted by Crippen LogP contribution is -2.46. The molecule has 0 spiro atoms. The highest BCUT2D eigenvalue weighted by Crippen LogP contribution is 2.18. The summed E-state index contributed by atoms with van der Waals surface area (Å²) in [4.78, 5) is 36.6. The highest BCUT2D eigenvalue weighted by molar-refractivity contribution is 6.14. The Morgan fingerprint density at radius 2 is 1.65 bits per heavy atom. The number of esters is 1. The Balaban J connectivity index is 2.47. The van der Waals surface area contributed by atoms with Crippen LogP contribution in [0.4, 0.5) is 0 Å². The number of aliphatic hydroxyl groups excluding tert-OH is 1. The van der Waals surface area contributed by atoms with Gasteiger partial charge in [-0.25, -0.2) is 4.79 Å². The molecule has 0 aromatic carbocycles. The molecule has 23 heavy (non-hydrogen) atoms. The third-order valence-electron chi connectivity index (χ3n) is 3.84. The van der Waals surface area contributed by atoms with Crippen LogP contribution in [0.5, 0.6) is 0 Å². The molecule has 0 aromatic rings. The summed E-state index contributed by atoms with van der Waals surface area (Å²) in [7, 11) is 0. The average Bonchev–Trinajstić information content (AvgIpc) is 2.87. The second kappa shape index (κ2) is 10.9. The highest BCUT2D eigenvalue weighted by Gasteiger charge is 2.36. The lowest BCUT2D eigenvalue weighted by molar-refractivity contribution is -0.158. The second-order valence-corrected chi connectivity index (χ2v) is 5.70. The van der Waals surface area contributed by atoms with Crippen LogP contribution < -0.4 is 0 Å². The van der Waals surface area contributed by atoms with Crippen molar-refractivity contribution < 1.29 is 24.2 Å². The first-order valence-electron chi connectivity index (χ1n) is 8.44. The summed E-state index contributed by atoms with van der Waals surface area (Å²) in [6, 6.07) is -0.896. The van der Waals surface area contributed by atoms with Gasteiger partial charge in [0.1, 0.15) is 12.6 Å². The number of aliphatic hydroxyl groups is 1. The molecular weight excluding hydrogens is 298 g/mol. The third-order valence-corrected chi connectivity index (χ3v) is 3.84. The van der Waals surface area contributed by atoms with Crippen LogP contribution in [0.3, 0.4) is 0 Å². The molecule has 1 rings (SSSR count). The number of amides is 2. The van der Waals surface area contributed by atoms with Gasteiger partial charge in [0.2, 0.25) is 0 Å². The van der Waals surface area contributed by atoms with Crippen LogP contribution in [0, 0.1) is 0 Å². The zero-order valence-corrected chi connectivity index (χ0v) is 13.8. The Labute approximate surface area is 137 Å². The van der Waals surface area contributed by atoms with Gasteiger partial charge in [-0.1, -0.05) is 51.9 Å². The van der Waals surface area contributed by atoms with Gasteiger partial charge >= 0.3 is 5.97 Å². The van der Waals surface area contributed by atoms with Gasteiger partial charge in [0.25, 0.3) is 11.8 Å². The summed E-state index contributed by atoms with van der Waals surface area (Å²) in [5, 5.41) is 8.75. The number of imide groups is 1. The number of ether oxygens (including phenoxy) is 1. The number of carbonyl (C=O) groups excluding carboxylic acids is 3. The van der Waals surface area contributed by atoms with Crippen molar-refractivity contribution in [2.45, 2.75) is 64.3 Å². The maximum absolute atomic E-state index is 12.1. The molecule has 0 saturated heterocycles. The number of hydrogen-bond donors (Lipinski definition) is 1. The summed E-state index contributed by atoms with van der Waals surface area (Å²) >= 11 is 0. The zero-order chi connectivity index (χ0) is 17.1. The van der Waals surface area contributed by atoms with Crippen LogP contribution >= 0.6 is 0 Å². The van der Waals surface area contributed by atoms with E-state index in [0.29, 0.717) is 6.42 Å². The van der Waals surface area contributed by atoms with E-state index in [0.717, 1.165) is 30.6 Å². The number of unbranched alkanes of at least 4 members (excludes halogenated alkanes) is 6. The van der Waals surface area contributed by atoms with E-state index in [4.69, 9.17) is 9.84 Å². The van der Waals surface area contributed by atoms with Gasteiger partial charge in [-0.2, -0.15) is 0 Å². The van der Waals surface area contributed by atoms with Crippen molar-refractivity contribution in [1.82, 2.24) is 4.90 Å². The fourth-order valence-corrected chi connectivity index (χ4v) is 2.61. The predicted octanol–water partition coefficient (Wildman–Crippen LogP) is 1.96. The smallest absolute Gasteiger partial charge is 0.329 e. The third kappa shape index (κ3) is 6.52. The summed E-state index contributed by atoms with van der Waals surface area (Å²) in [6.45, 7) is 1.76. The largest absolute Gasteiger partial charge is 0.462 e. The van der Waals surface area contributed by atoms with Crippen molar-refractivity contribution in [2.75, 3.05) is 13.2 Å². The first kappa shape index (κ1) is 19.4. The fourth-order valence-electron chi connectivity index (χ4n) is 2.61. The first-order chi connectivity index (χ1) is 11.1. The number of carbonyl (C=O) groups is 3. The Morgan fingerprint density at radius 3 is 2.22 bits per heavy atom. The van der Waals surface area contributed by atoms with Gasteiger partial charge in [-0.15, -0.1) is 0 Å². The van der Waals surface area contributed by atoms with Crippen LogP contribution in [0.2, 0.25) is 0 Å². The summed E-state index contributed by atoms with van der Waals surface area (Å²) in [6.07, 6.45) is 10.3. The lowest BCUT2D eigenvalue weighted by Gasteiger charge is -2.24. The van der Waals surface area contributed by atoms with E-state index in [-0.39, 0.29) is 13.2 Å². The zero-order valence-electron chi connectivity index (χ0n) is 13.8. The molecular formula is C17H27NO5. The number of nitrogens with zero attached hydrogens (tertiary/aromatic N) is 1. The van der Waals surface area contributed by atoms with E-state index in [1.807, 2.05) is 0 Å². The molecule has 1 aliphatic heterocycles. The van der Waals surface area contributed by atoms with Crippen molar-refractivity contribution in [1.29, 1.82) is 0 Å². The molecule has 1 heterocycles. The van der Waals surface area contributed by atoms with Crippen molar-refractivity contribution in [3.63, 3.8) is 0 Å². The van der Waals surface area contributed by atoms with Crippen molar-refractivity contribution >= 4 is 17.8 Å². The molecule has 0 saturated carbocycles. The minimum Gasteiger partial charge on any atom is -0.462 e. The summed E-state index contributed by atoms with van der Waals surface area (Å²) in [5.74, 6) is -1.59. The van der Waals surface area contributed by atoms with E-state index in [1.54, 1.807) is 0 Å². The van der Waals surface area contributed by atoms with Crippen LogP contribution in [0.1, 0.15) is 58.3 Å². The molecule has 1 unspecified atom stereocenters. The molecule has 0 aliphatic carbocycles. The Kier molecular flexibility index (Phi) is 9.21. The molecule has 130 valence electrons. The molecule has 2 amide bonds. The van der Waals surface area contributed by atoms with E-state index in [9.17, 15) is 14.4 Å². The van der Waals surface area contributed by atoms with Gasteiger partial charge in [-0.3, -0.25) is 14.5 Å². The topological polar surface area (TPSA) is 83.9 Å². The van der Waals surface area contributed by atoms with Gasteiger partial charge < -0.3 is 9.84 Å². The van der Waals surface area contributed by atoms with Gasteiger partial charge in [0.15, 0.2) is 0 Å². The number of rotatable bonds is 12. The standard InChI is InChI=1S/C17H27NO5/c1-2-3-4-5-6-7-8-9-14(17(22)23-13-12-19)18-15(20)10-11-16(18)21/h10-11,14,19H,2-9,12-13H2,1H3. The first-order valence-corrected chi connectivity index (χ1v) is 8.44. The van der Waals surface area contributed by atoms with Crippen molar-refractivity contribution in [3.05, 3.63) is 12.2 Å². The van der Waals surface area contributed by atoms with Gasteiger partial charge in [0, 0.05) is 12.2 Å².